The van der Waals surface area contributed by atoms with E-state index in [0.717, 1.165) is 5.69 Å². The molecule has 2 aromatic rings. The van der Waals surface area contributed by atoms with Gasteiger partial charge in [-0.2, -0.15) is 4.98 Å². The maximum Gasteiger partial charge on any atom is 0.379 e. The summed E-state index contributed by atoms with van der Waals surface area (Å²) in [7, 11) is 1.21. The number of nitrogens with zero attached hydrogens (tertiary/aromatic N) is 4. The van der Waals surface area contributed by atoms with Gasteiger partial charge in [0.15, 0.2) is 6.10 Å². The van der Waals surface area contributed by atoms with Crippen molar-refractivity contribution in [3.05, 3.63) is 23.8 Å². The van der Waals surface area contributed by atoms with Gasteiger partial charge in [-0.3, -0.25) is 0 Å². The Hall–Kier alpha value is -2.51. The molecule has 0 spiro atoms. The molecule has 0 unspecified atom stereocenters. The number of aromatic nitrogens is 4. The average Bonchev–Trinajstić information content (AvgIpc) is 2.83. The van der Waals surface area contributed by atoms with Crippen molar-refractivity contribution in [1.29, 1.82) is 0 Å². The number of hydrogen-bond donors (Lipinski definition) is 0. The summed E-state index contributed by atoms with van der Waals surface area (Å²) in [5, 5.41) is 3.97. The van der Waals surface area contributed by atoms with E-state index in [-0.39, 0.29) is 11.6 Å². The Balaban J connectivity index is 2.22. The highest BCUT2D eigenvalue weighted by molar-refractivity contribution is 5.88. The van der Waals surface area contributed by atoms with Crippen LogP contribution in [0.15, 0.2) is 12.3 Å². The van der Waals surface area contributed by atoms with Gasteiger partial charge < -0.3 is 9.47 Å². The number of hydrogen-bond acceptors (Lipinski definition) is 7. The van der Waals surface area contributed by atoms with E-state index in [1.807, 2.05) is 0 Å². The number of fused-ring (bicyclic) bond motifs is 1. The molecule has 0 amide bonds. The lowest BCUT2D eigenvalue weighted by atomic mass is 10.4. The first-order valence-electron chi connectivity index (χ1n) is 5.50. The molecule has 2 rings (SSSR count). The van der Waals surface area contributed by atoms with E-state index >= 15 is 0 Å². The Morgan fingerprint density at radius 2 is 2.16 bits per heavy atom. The molecular formula is C11H12N4O4. The summed E-state index contributed by atoms with van der Waals surface area (Å²) >= 11 is 0. The summed E-state index contributed by atoms with van der Waals surface area (Å²) in [5.74, 6) is -1.32. The third-order valence-electron chi connectivity index (χ3n) is 2.43. The summed E-state index contributed by atoms with van der Waals surface area (Å²) in [6, 6.07) is 1.73. The van der Waals surface area contributed by atoms with Crippen molar-refractivity contribution in [3.8, 4) is 0 Å². The van der Waals surface area contributed by atoms with Crippen molar-refractivity contribution in [2.45, 2.75) is 20.0 Å². The lowest BCUT2D eigenvalue weighted by Crippen LogP contribution is -2.25. The van der Waals surface area contributed by atoms with Crippen LogP contribution in [0.2, 0.25) is 0 Å². The first kappa shape index (κ1) is 12.9. The fraction of sp³-hybridized carbons (Fsp3) is 0.364. The Kier molecular flexibility index (Phi) is 3.41. The van der Waals surface area contributed by atoms with Crippen LogP contribution < -0.4 is 0 Å². The van der Waals surface area contributed by atoms with E-state index in [1.165, 1.54) is 18.5 Å². The molecule has 0 bridgehead atoms. The molecule has 0 saturated carbocycles. The van der Waals surface area contributed by atoms with Gasteiger partial charge in [0.1, 0.15) is 0 Å². The van der Waals surface area contributed by atoms with Gasteiger partial charge in [-0.15, -0.1) is 5.10 Å². The Labute approximate surface area is 108 Å². The van der Waals surface area contributed by atoms with Gasteiger partial charge in [0.2, 0.25) is 0 Å². The second-order valence-electron chi connectivity index (χ2n) is 3.80. The fourth-order valence-electron chi connectivity index (χ4n) is 1.42. The SMILES string of the molecule is COC(=O)[C@H](C)OC(=O)c1nc2nccc(C)n2n1. The van der Waals surface area contributed by atoms with Crippen LogP contribution in [0.25, 0.3) is 5.78 Å². The molecule has 0 aliphatic heterocycles. The lowest BCUT2D eigenvalue weighted by molar-refractivity contribution is -0.149. The molecule has 8 heteroatoms. The molecule has 2 heterocycles. The summed E-state index contributed by atoms with van der Waals surface area (Å²) in [4.78, 5) is 30.8. The smallest absolute Gasteiger partial charge is 0.379 e. The maximum atomic E-state index is 11.8. The van der Waals surface area contributed by atoms with E-state index in [2.05, 4.69) is 19.8 Å². The highest BCUT2D eigenvalue weighted by Crippen LogP contribution is 2.05. The number of aryl methyl sites for hydroxylation is 1. The van der Waals surface area contributed by atoms with Crippen LogP contribution in [0, 0.1) is 6.92 Å². The van der Waals surface area contributed by atoms with E-state index < -0.39 is 18.0 Å². The highest BCUT2D eigenvalue weighted by atomic mass is 16.6. The summed E-state index contributed by atoms with van der Waals surface area (Å²) < 4.78 is 10.7. The molecule has 1 atom stereocenters. The number of esters is 2. The highest BCUT2D eigenvalue weighted by Gasteiger charge is 2.22. The first-order chi connectivity index (χ1) is 9.02. The second-order valence-corrected chi connectivity index (χ2v) is 3.80. The molecule has 0 saturated heterocycles. The van der Waals surface area contributed by atoms with Crippen LogP contribution in [-0.4, -0.2) is 44.7 Å². The van der Waals surface area contributed by atoms with Crippen molar-refractivity contribution < 1.29 is 19.1 Å². The zero-order valence-corrected chi connectivity index (χ0v) is 10.7. The molecule has 8 nitrogen and oxygen atoms in total. The van der Waals surface area contributed by atoms with Crippen molar-refractivity contribution in [1.82, 2.24) is 19.6 Å². The molecule has 0 radical (unpaired) electrons. The third kappa shape index (κ3) is 2.51. The zero-order valence-electron chi connectivity index (χ0n) is 10.7. The third-order valence-corrected chi connectivity index (χ3v) is 2.43. The van der Waals surface area contributed by atoms with E-state index in [0.29, 0.717) is 0 Å². The lowest BCUT2D eigenvalue weighted by Gasteiger charge is -2.08. The van der Waals surface area contributed by atoms with Crippen molar-refractivity contribution in [2.75, 3.05) is 7.11 Å². The van der Waals surface area contributed by atoms with Crippen LogP contribution in [-0.2, 0) is 14.3 Å². The predicted octanol–water partition coefficient (Wildman–Crippen LogP) is 0.151. The minimum Gasteiger partial charge on any atom is -0.466 e. The quantitative estimate of drug-likeness (QED) is 0.728. The largest absolute Gasteiger partial charge is 0.466 e. The Bertz CT molecular complexity index is 637. The number of carbonyl (C=O) groups excluding carboxylic acids is 2. The minimum absolute atomic E-state index is 0.155. The Morgan fingerprint density at radius 1 is 1.42 bits per heavy atom. The van der Waals surface area contributed by atoms with Crippen LogP contribution >= 0.6 is 0 Å². The number of methoxy groups -OCH3 is 1. The van der Waals surface area contributed by atoms with E-state index in [1.54, 1.807) is 19.2 Å². The number of rotatable bonds is 3. The predicted molar refractivity (Wildman–Crippen MR) is 62.4 cm³/mol. The maximum absolute atomic E-state index is 11.8. The minimum atomic E-state index is -1.02. The van der Waals surface area contributed by atoms with Gasteiger partial charge in [-0.1, -0.05) is 0 Å². The normalized spacial score (nSPS) is 12.2. The molecule has 0 aromatic carbocycles. The number of carbonyl (C=O) groups is 2. The summed E-state index contributed by atoms with van der Waals surface area (Å²) in [6.07, 6.45) is 0.545. The summed E-state index contributed by atoms with van der Waals surface area (Å²) in [6.45, 7) is 3.21. The molecule has 100 valence electrons. The van der Waals surface area contributed by atoms with Gasteiger partial charge in [0.25, 0.3) is 11.6 Å². The molecular weight excluding hydrogens is 252 g/mol. The van der Waals surface area contributed by atoms with Gasteiger partial charge in [-0.25, -0.2) is 19.1 Å². The van der Waals surface area contributed by atoms with Crippen molar-refractivity contribution in [2.24, 2.45) is 0 Å². The Morgan fingerprint density at radius 3 is 2.79 bits per heavy atom. The monoisotopic (exact) mass is 264 g/mol. The number of ether oxygens (including phenoxy) is 2. The molecule has 0 aliphatic carbocycles. The van der Waals surface area contributed by atoms with Gasteiger partial charge in [0, 0.05) is 11.9 Å². The van der Waals surface area contributed by atoms with Crippen LogP contribution in [0.4, 0.5) is 0 Å². The van der Waals surface area contributed by atoms with E-state index in [4.69, 9.17) is 4.74 Å². The molecule has 19 heavy (non-hydrogen) atoms. The summed E-state index contributed by atoms with van der Waals surface area (Å²) in [5.41, 5.74) is 0.776. The average molecular weight is 264 g/mol. The standard InChI is InChI=1S/C11H12N4O4/c1-6-4-5-12-11-13-8(14-15(6)11)10(17)19-7(2)9(16)18-3/h4-5,7H,1-3H3/t7-/m0/s1. The topological polar surface area (TPSA) is 95.7 Å². The fourth-order valence-corrected chi connectivity index (χ4v) is 1.42. The van der Waals surface area contributed by atoms with E-state index in [9.17, 15) is 9.59 Å². The molecule has 0 aliphatic rings. The van der Waals surface area contributed by atoms with Crippen molar-refractivity contribution in [3.63, 3.8) is 0 Å². The van der Waals surface area contributed by atoms with Crippen LogP contribution in [0.5, 0.6) is 0 Å². The first-order valence-corrected chi connectivity index (χ1v) is 5.50. The molecule has 0 fully saturated rings. The van der Waals surface area contributed by atoms with Crippen molar-refractivity contribution >= 4 is 17.7 Å². The molecule has 2 aromatic heterocycles. The molecule has 0 N–H and O–H groups in total. The van der Waals surface area contributed by atoms with Crippen LogP contribution in [0.3, 0.4) is 0 Å². The van der Waals surface area contributed by atoms with Gasteiger partial charge >= 0.3 is 11.9 Å². The van der Waals surface area contributed by atoms with Gasteiger partial charge in [0.05, 0.1) is 7.11 Å². The van der Waals surface area contributed by atoms with Gasteiger partial charge in [-0.05, 0) is 19.9 Å². The van der Waals surface area contributed by atoms with Crippen LogP contribution in [0.1, 0.15) is 23.2 Å². The second kappa shape index (κ2) is 5.01. The zero-order chi connectivity index (χ0) is 14.0.